The summed E-state index contributed by atoms with van der Waals surface area (Å²) in [5.41, 5.74) is 6.20. The van der Waals surface area contributed by atoms with E-state index in [9.17, 15) is 5.11 Å². The van der Waals surface area contributed by atoms with Crippen molar-refractivity contribution in [3.8, 4) is 0 Å². The summed E-state index contributed by atoms with van der Waals surface area (Å²) in [5, 5.41) is 10.4. The van der Waals surface area contributed by atoms with Gasteiger partial charge in [0, 0.05) is 12.6 Å². The molecule has 1 heterocycles. The molecule has 0 spiro atoms. The molecular weight excluding hydrogens is 188 g/mol. The zero-order chi connectivity index (χ0) is 10.7. The number of nitrogens with zero attached hydrogens (tertiary/aromatic N) is 1. The molecule has 3 nitrogen and oxygen atoms in total. The van der Waals surface area contributed by atoms with Crippen LogP contribution in [0.2, 0.25) is 0 Å². The lowest BCUT2D eigenvalue weighted by Gasteiger charge is -2.32. The second-order valence-electron chi connectivity index (χ2n) is 4.55. The standard InChI is InChI=1S/C12H18N2O/c13-11-8-10(4-7-14-11)9-12(15)5-2-1-3-6-12/h4,7-8,15H,1-3,5-6,9H2,(H2,13,14). The molecule has 0 unspecified atom stereocenters. The minimum atomic E-state index is -0.508. The molecule has 1 aromatic rings. The summed E-state index contributed by atoms with van der Waals surface area (Å²) in [6, 6.07) is 3.79. The van der Waals surface area contributed by atoms with E-state index in [0.29, 0.717) is 12.2 Å². The van der Waals surface area contributed by atoms with Crippen molar-refractivity contribution >= 4 is 5.82 Å². The molecule has 0 atom stereocenters. The van der Waals surface area contributed by atoms with Crippen LogP contribution in [-0.2, 0) is 6.42 Å². The third-order valence-corrected chi connectivity index (χ3v) is 3.16. The summed E-state index contributed by atoms with van der Waals surface area (Å²) in [7, 11) is 0. The van der Waals surface area contributed by atoms with Crippen molar-refractivity contribution in [1.82, 2.24) is 4.98 Å². The van der Waals surface area contributed by atoms with Crippen LogP contribution in [0.15, 0.2) is 18.3 Å². The van der Waals surface area contributed by atoms with Crippen LogP contribution in [0.5, 0.6) is 0 Å². The van der Waals surface area contributed by atoms with Gasteiger partial charge < -0.3 is 10.8 Å². The number of nitrogen functional groups attached to an aromatic ring is 1. The highest BCUT2D eigenvalue weighted by Crippen LogP contribution is 2.31. The first kappa shape index (κ1) is 10.4. The van der Waals surface area contributed by atoms with E-state index in [2.05, 4.69) is 4.98 Å². The van der Waals surface area contributed by atoms with Gasteiger partial charge in [-0.2, -0.15) is 0 Å². The molecule has 15 heavy (non-hydrogen) atoms. The van der Waals surface area contributed by atoms with E-state index >= 15 is 0 Å². The number of aromatic nitrogens is 1. The van der Waals surface area contributed by atoms with Crippen LogP contribution in [0, 0.1) is 0 Å². The second kappa shape index (κ2) is 4.19. The van der Waals surface area contributed by atoms with Crippen LogP contribution < -0.4 is 5.73 Å². The van der Waals surface area contributed by atoms with Gasteiger partial charge in [0.05, 0.1) is 5.60 Å². The summed E-state index contributed by atoms with van der Waals surface area (Å²) >= 11 is 0. The molecule has 1 saturated carbocycles. The first-order chi connectivity index (χ1) is 7.18. The van der Waals surface area contributed by atoms with Crippen molar-refractivity contribution in [2.45, 2.75) is 44.1 Å². The minimum absolute atomic E-state index is 0.508. The second-order valence-corrected chi connectivity index (χ2v) is 4.55. The molecular formula is C12H18N2O. The Hall–Kier alpha value is -1.09. The van der Waals surface area contributed by atoms with Gasteiger partial charge >= 0.3 is 0 Å². The quantitative estimate of drug-likeness (QED) is 0.777. The summed E-state index contributed by atoms with van der Waals surface area (Å²) in [5.74, 6) is 0.534. The molecule has 1 fully saturated rings. The van der Waals surface area contributed by atoms with Crippen molar-refractivity contribution in [1.29, 1.82) is 0 Å². The monoisotopic (exact) mass is 206 g/mol. The molecule has 1 aromatic heterocycles. The summed E-state index contributed by atoms with van der Waals surface area (Å²) < 4.78 is 0. The van der Waals surface area contributed by atoms with Gasteiger partial charge in [-0.05, 0) is 30.5 Å². The van der Waals surface area contributed by atoms with E-state index in [-0.39, 0.29) is 0 Å². The number of anilines is 1. The highest BCUT2D eigenvalue weighted by molar-refractivity contribution is 5.32. The molecule has 0 radical (unpaired) electrons. The van der Waals surface area contributed by atoms with Crippen molar-refractivity contribution in [2.75, 3.05) is 5.73 Å². The molecule has 0 aromatic carbocycles. The molecule has 82 valence electrons. The number of pyridine rings is 1. The van der Waals surface area contributed by atoms with Gasteiger partial charge in [-0.1, -0.05) is 19.3 Å². The van der Waals surface area contributed by atoms with Gasteiger partial charge in [0.15, 0.2) is 0 Å². The van der Waals surface area contributed by atoms with Crippen molar-refractivity contribution in [2.24, 2.45) is 0 Å². The average Bonchev–Trinajstić information content (AvgIpc) is 2.18. The van der Waals surface area contributed by atoms with Crippen LogP contribution in [0.25, 0.3) is 0 Å². The Morgan fingerprint density at radius 3 is 2.73 bits per heavy atom. The molecule has 3 heteroatoms. The highest BCUT2D eigenvalue weighted by Gasteiger charge is 2.29. The fourth-order valence-electron chi connectivity index (χ4n) is 2.37. The number of aliphatic hydroxyl groups is 1. The number of hydrogen-bond donors (Lipinski definition) is 2. The van der Waals surface area contributed by atoms with Gasteiger partial charge in [-0.3, -0.25) is 0 Å². The molecule has 1 aliphatic carbocycles. The first-order valence-corrected chi connectivity index (χ1v) is 5.61. The Kier molecular flexibility index (Phi) is 2.91. The molecule has 0 bridgehead atoms. The number of hydrogen-bond acceptors (Lipinski definition) is 3. The third kappa shape index (κ3) is 2.69. The van der Waals surface area contributed by atoms with Crippen LogP contribution in [0.1, 0.15) is 37.7 Å². The summed E-state index contributed by atoms with van der Waals surface area (Å²) in [6.07, 6.45) is 7.76. The third-order valence-electron chi connectivity index (χ3n) is 3.16. The molecule has 1 aliphatic rings. The van der Waals surface area contributed by atoms with Crippen molar-refractivity contribution < 1.29 is 5.11 Å². The fourth-order valence-corrected chi connectivity index (χ4v) is 2.37. The van der Waals surface area contributed by atoms with Crippen LogP contribution in [0.3, 0.4) is 0 Å². The molecule has 3 N–H and O–H groups in total. The topological polar surface area (TPSA) is 59.1 Å². The highest BCUT2D eigenvalue weighted by atomic mass is 16.3. The number of nitrogens with two attached hydrogens (primary N) is 1. The maximum Gasteiger partial charge on any atom is 0.123 e. The van der Waals surface area contributed by atoms with Gasteiger partial charge in [0.2, 0.25) is 0 Å². The molecule has 0 saturated heterocycles. The van der Waals surface area contributed by atoms with E-state index in [1.54, 1.807) is 6.20 Å². The Morgan fingerprint density at radius 2 is 2.07 bits per heavy atom. The predicted molar refractivity (Wildman–Crippen MR) is 60.4 cm³/mol. The van der Waals surface area contributed by atoms with Gasteiger partial charge in [-0.15, -0.1) is 0 Å². The summed E-state index contributed by atoms with van der Waals surface area (Å²) in [4.78, 5) is 3.95. The van der Waals surface area contributed by atoms with E-state index < -0.39 is 5.60 Å². The van der Waals surface area contributed by atoms with Crippen LogP contribution in [0.4, 0.5) is 5.82 Å². The lowest BCUT2D eigenvalue weighted by Crippen LogP contribution is -2.33. The van der Waals surface area contributed by atoms with Crippen molar-refractivity contribution in [3.63, 3.8) is 0 Å². The van der Waals surface area contributed by atoms with Crippen molar-refractivity contribution in [3.05, 3.63) is 23.9 Å². The lowest BCUT2D eigenvalue weighted by molar-refractivity contribution is 0.00449. The average molecular weight is 206 g/mol. The van der Waals surface area contributed by atoms with E-state index in [0.717, 1.165) is 31.2 Å². The maximum absolute atomic E-state index is 10.4. The molecule has 0 aliphatic heterocycles. The smallest absolute Gasteiger partial charge is 0.123 e. The van der Waals surface area contributed by atoms with Gasteiger partial charge in [0.1, 0.15) is 5.82 Å². The molecule has 2 rings (SSSR count). The lowest BCUT2D eigenvalue weighted by atomic mass is 9.81. The normalized spacial score (nSPS) is 20.1. The predicted octanol–water partition coefficient (Wildman–Crippen LogP) is 1.90. The largest absolute Gasteiger partial charge is 0.390 e. The SMILES string of the molecule is Nc1cc(CC2(O)CCCCC2)ccn1. The zero-order valence-corrected chi connectivity index (χ0v) is 8.95. The number of rotatable bonds is 2. The Balaban J connectivity index is 2.06. The maximum atomic E-state index is 10.4. The Bertz CT molecular complexity index is 332. The zero-order valence-electron chi connectivity index (χ0n) is 8.95. The van der Waals surface area contributed by atoms with Crippen LogP contribution in [-0.4, -0.2) is 15.7 Å². The fraction of sp³-hybridized carbons (Fsp3) is 0.583. The van der Waals surface area contributed by atoms with E-state index in [4.69, 9.17) is 5.73 Å². The van der Waals surface area contributed by atoms with Gasteiger partial charge in [-0.25, -0.2) is 4.98 Å². The van der Waals surface area contributed by atoms with Gasteiger partial charge in [0.25, 0.3) is 0 Å². The van der Waals surface area contributed by atoms with E-state index in [1.165, 1.54) is 6.42 Å². The molecule has 0 amide bonds. The minimum Gasteiger partial charge on any atom is -0.390 e. The Morgan fingerprint density at radius 1 is 1.33 bits per heavy atom. The van der Waals surface area contributed by atoms with E-state index in [1.807, 2.05) is 12.1 Å². The Labute approximate surface area is 90.3 Å². The summed E-state index contributed by atoms with van der Waals surface area (Å²) in [6.45, 7) is 0. The van der Waals surface area contributed by atoms with Crippen LogP contribution >= 0.6 is 0 Å². The first-order valence-electron chi connectivity index (χ1n) is 5.61.